The molecule has 0 radical (unpaired) electrons. The summed E-state index contributed by atoms with van der Waals surface area (Å²) in [4.78, 5) is 18.2. The minimum Gasteiger partial charge on any atom is -0.445 e. The lowest BCUT2D eigenvalue weighted by Gasteiger charge is -2.26. The van der Waals surface area contributed by atoms with Crippen molar-refractivity contribution < 1.29 is 9.53 Å². The minimum atomic E-state index is -0.264. The van der Waals surface area contributed by atoms with Crippen molar-refractivity contribution in [3.05, 3.63) is 78.4 Å². The largest absolute Gasteiger partial charge is 0.445 e. The van der Waals surface area contributed by atoms with Crippen molar-refractivity contribution in [2.75, 3.05) is 13.1 Å². The van der Waals surface area contributed by atoms with Gasteiger partial charge in [-0.1, -0.05) is 42.5 Å². The van der Waals surface area contributed by atoms with Gasteiger partial charge in [0, 0.05) is 13.1 Å². The molecule has 5 nitrogen and oxygen atoms in total. The first-order valence-electron chi connectivity index (χ1n) is 8.37. The summed E-state index contributed by atoms with van der Waals surface area (Å²) in [6, 6.07) is 15.9. The highest BCUT2D eigenvalue weighted by molar-refractivity contribution is 5.85. The number of aromatic nitrogens is 2. The van der Waals surface area contributed by atoms with Crippen molar-refractivity contribution in [3.8, 4) is 0 Å². The summed E-state index contributed by atoms with van der Waals surface area (Å²) in [6.07, 6.45) is 6.31. The van der Waals surface area contributed by atoms with Crippen LogP contribution in [0.4, 0.5) is 4.79 Å². The van der Waals surface area contributed by atoms with E-state index in [1.807, 2.05) is 55.0 Å². The van der Waals surface area contributed by atoms with E-state index in [1.54, 1.807) is 4.90 Å². The summed E-state index contributed by atoms with van der Waals surface area (Å²) in [5, 5.41) is 0. The molecule has 0 saturated carbocycles. The first-order chi connectivity index (χ1) is 12.3. The summed E-state index contributed by atoms with van der Waals surface area (Å²) in [5.74, 6) is 0. The van der Waals surface area contributed by atoms with Gasteiger partial charge in [-0.3, -0.25) is 4.40 Å². The quantitative estimate of drug-likeness (QED) is 0.695. The minimum absolute atomic E-state index is 0. The topological polar surface area (TPSA) is 46.8 Å². The van der Waals surface area contributed by atoms with Crippen molar-refractivity contribution >= 4 is 29.6 Å². The number of pyridine rings is 1. The standard InChI is InChI=1S/C20H19N3O2.ClH/c24-20(25-14-16-5-2-1-3-6-16)22-11-9-17(10-12-22)19-8-4-7-18-13-21-15-23(18)19;/h1-9,13,15H,10-12,14H2;1H. The van der Waals surface area contributed by atoms with E-state index in [0.717, 1.165) is 23.2 Å². The number of rotatable bonds is 3. The third-order valence-corrected chi connectivity index (χ3v) is 4.45. The van der Waals surface area contributed by atoms with Gasteiger partial charge in [0.25, 0.3) is 0 Å². The molecule has 0 spiro atoms. The average Bonchev–Trinajstić information content (AvgIpc) is 3.16. The molecule has 26 heavy (non-hydrogen) atoms. The number of nitrogens with zero attached hydrogens (tertiary/aromatic N) is 3. The first kappa shape index (κ1) is 18.0. The maximum atomic E-state index is 12.2. The fourth-order valence-corrected chi connectivity index (χ4v) is 3.09. The molecule has 2 aromatic heterocycles. The molecule has 0 unspecified atom stereocenters. The van der Waals surface area contributed by atoms with Gasteiger partial charge in [0.15, 0.2) is 0 Å². The molecule has 1 aliphatic rings. The molecule has 134 valence electrons. The molecule has 0 aliphatic carbocycles. The summed E-state index contributed by atoms with van der Waals surface area (Å²) in [7, 11) is 0. The molecule has 0 saturated heterocycles. The number of benzene rings is 1. The van der Waals surface area contributed by atoms with Crippen LogP contribution >= 0.6 is 12.4 Å². The predicted octanol–water partition coefficient (Wildman–Crippen LogP) is 4.18. The van der Waals surface area contributed by atoms with Gasteiger partial charge in [-0.2, -0.15) is 0 Å². The van der Waals surface area contributed by atoms with Crippen LogP contribution in [0.15, 0.2) is 67.1 Å². The lowest BCUT2D eigenvalue weighted by molar-refractivity contribution is 0.0998. The maximum Gasteiger partial charge on any atom is 0.410 e. The number of imidazole rings is 1. The number of amides is 1. The van der Waals surface area contributed by atoms with E-state index in [0.29, 0.717) is 19.7 Å². The predicted molar refractivity (Wildman–Crippen MR) is 103 cm³/mol. The van der Waals surface area contributed by atoms with E-state index in [9.17, 15) is 4.79 Å². The first-order valence-corrected chi connectivity index (χ1v) is 8.37. The molecular formula is C20H20ClN3O2. The van der Waals surface area contributed by atoms with Crippen LogP contribution in [0.1, 0.15) is 17.7 Å². The molecule has 0 fully saturated rings. The highest BCUT2D eigenvalue weighted by Gasteiger charge is 2.20. The summed E-state index contributed by atoms with van der Waals surface area (Å²) < 4.78 is 7.49. The van der Waals surface area contributed by atoms with Crippen molar-refractivity contribution in [2.45, 2.75) is 13.0 Å². The van der Waals surface area contributed by atoms with Crippen molar-refractivity contribution in [1.82, 2.24) is 14.3 Å². The zero-order valence-electron chi connectivity index (χ0n) is 14.2. The number of hydrogen-bond acceptors (Lipinski definition) is 3. The average molecular weight is 370 g/mol. The lowest BCUT2D eigenvalue weighted by atomic mass is 10.0. The van der Waals surface area contributed by atoms with Gasteiger partial charge < -0.3 is 9.64 Å². The molecule has 0 bridgehead atoms. The molecule has 1 aromatic carbocycles. The van der Waals surface area contributed by atoms with Gasteiger partial charge in [-0.15, -0.1) is 12.4 Å². The van der Waals surface area contributed by atoms with E-state index in [2.05, 4.69) is 21.5 Å². The SMILES string of the molecule is Cl.O=C(OCc1ccccc1)N1CC=C(c2cccc3cncn23)CC1. The molecule has 6 heteroatoms. The van der Waals surface area contributed by atoms with Gasteiger partial charge >= 0.3 is 6.09 Å². The van der Waals surface area contributed by atoms with Crippen LogP contribution in [0.25, 0.3) is 11.1 Å². The van der Waals surface area contributed by atoms with Gasteiger partial charge in [-0.25, -0.2) is 9.78 Å². The highest BCUT2D eigenvalue weighted by Crippen LogP contribution is 2.23. The van der Waals surface area contributed by atoms with Crippen molar-refractivity contribution in [2.24, 2.45) is 0 Å². The molecule has 3 aromatic rings. The number of carbonyl (C=O) groups is 1. The van der Waals surface area contributed by atoms with Crippen LogP contribution < -0.4 is 0 Å². The van der Waals surface area contributed by atoms with E-state index < -0.39 is 0 Å². The van der Waals surface area contributed by atoms with E-state index in [4.69, 9.17) is 4.74 Å². The van der Waals surface area contributed by atoms with Gasteiger partial charge in [0.1, 0.15) is 6.61 Å². The monoisotopic (exact) mass is 369 g/mol. The third kappa shape index (κ3) is 3.73. The lowest BCUT2D eigenvalue weighted by Crippen LogP contribution is -2.35. The second kappa shape index (κ2) is 8.06. The Bertz CT molecular complexity index is 921. The number of hydrogen-bond donors (Lipinski definition) is 0. The van der Waals surface area contributed by atoms with Gasteiger partial charge in [0.2, 0.25) is 0 Å². The highest BCUT2D eigenvalue weighted by atomic mass is 35.5. The Balaban J connectivity index is 0.00000196. The zero-order valence-corrected chi connectivity index (χ0v) is 15.1. The fourth-order valence-electron chi connectivity index (χ4n) is 3.09. The van der Waals surface area contributed by atoms with Gasteiger partial charge in [-0.05, 0) is 29.7 Å². The fraction of sp³-hybridized carbons (Fsp3) is 0.200. The van der Waals surface area contributed by atoms with Crippen LogP contribution in [0.2, 0.25) is 0 Å². The van der Waals surface area contributed by atoms with Crippen molar-refractivity contribution in [3.63, 3.8) is 0 Å². The normalized spacial score (nSPS) is 13.8. The summed E-state index contributed by atoms with van der Waals surface area (Å²) >= 11 is 0. The molecule has 4 rings (SSSR count). The van der Waals surface area contributed by atoms with Crippen molar-refractivity contribution in [1.29, 1.82) is 0 Å². The Hall–Kier alpha value is -2.79. The Morgan fingerprint density at radius 3 is 2.73 bits per heavy atom. The molecule has 0 atom stereocenters. The summed E-state index contributed by atoms with van der Waals surface area (Å²) in [6.45, 7) is 1.53. The number of carbonyl (C=O) groups excluding carboxylic acids is 1. The second-order valence-corrected chi connectivity index (χ2v) is 6.07. The van der Waals surface area contributed by atoms with E-state index in [1.165, 1.54) is 5.57 Å². The number of fused-ring (bicyclic) bond motifs is 1. The number of ether oxygens (including phenoxy) is 1. The maximum absolute atomic E-state index is 12.2. The molecule has 0 N–H and O–H groups in total. The Labute approximate surface area is 158 Å². The Morgan fingerprint density at radius 2 is 1.96 bits per heavy atom. The zero-order chi connectivity index (χ0) is 17.1. The van der Waals surface area contributed by atoms with Crippen LogP contribution in [-0.4, -0.2) is 33.5 Å². The Kier molecular flexibility index (Phi) is 5.58. The van der Waals surface area contributed by atoms with Crippen LogP contribution in [0, 0.1) is 0 Å². The second-order valence-electron chi connectivity index (χ2n) is 6.07. The molecule has 3 heterocycles. The van der Waals surface area contributed by atoms with Crippen LogP contribution in [0.5, 0.6) is 0 Å². The third-order valence-electron chi connectivity index (χ3n) is 4.45. The van der Waals surface area contributed by atoms with Crippen LogP contribution in [0.3, 0.4) is 0 Å². The molecule has 1 amide bonds. The summed E-state index contributed by atoms with van der Waals surface area (Å²) in [5.41, 5.74) is 4.43. The molecular weight excluding hydrogens is 350 g/mol. The smallest absolute Gasteiger partial charge is 0.410 e. The van der Waals surface area contributed by atoms with Gasteiger partial charge in [0.05, 0.1) is 23.7 Å². The van der Waals surface area contributed by atoms with Crippen LogP contribution in [-0.2, 0) is 11.3 Å². The Morgan fingerprint density at radius 1 is 1.12 bits per heavy atom. The molecule has 1 aliphatic heterocycles. The number of halogens is 1. The van der Waals surface area contributed by atoms with E-state index >= 15 is 0 Å². The van der Waals surface area contributed by atoms with E-state index in [-0.39, 0.29) is 18.5 Å².